The van der Waals surface area contributed by atoms with Crippen LogP contribution in [0.25, 0.3) is 6.08 Å². The molecule has 1 N–H and O–H groups in total. The number of phenols is 1. The van der Waals surface area contributed by atoms with Crippen LogP contribution in [-0.2, 0) is 6.54 Å². The van der Waals surface area contributed by atoms with Gasteiger partial charge in [-0.05, 0) is 48.0 Å². The number of carbonyl (C=O) groups excluding carboxylic acids is 1. The molecular weight excluding hydrogens is 487 g/mol. The summed E-state index contributed by atoms with van der Waals surface area (Å²) >= 11 is 3.41. The van der Waals surface area contributed by atoms with Crippen LogP contribution in [-0.4, -0.2) is 42.0 Å². The molecule has 5 rings (SSSR count). The smallest absolute Gasteiger partial charge is 0.231 e. The number of phenolic OH excluding ortho intramolecular Hbond substituents is 1. The molecule has 0 bridgehead atoms. The fourth-order valence-corrected chi connectivity index (χ4v) is 4.50. The monoisotopic (exact) mass is 508 g/mol. The number of piperazine rings is 1. The van der Waals surface area contributed by atoms with Crippen molar-refractivity contribution in [2.75, 3.05) is 31.1 Å². The maximum atomic E-state index is 14.1. The van der Waals surface area contributed by atoms with Crippen molar-refractivity contribution in [2.24, 2.45) is 0 Å². The number of ketones is 1. The molecule has 7 heteroatoms. The van der Waals surface area contributed by atoms with Gasteiger partial charge >= 0.3 is 0 Å². The third kappa shape index (κ3) is 4.38. The van der Waals surface area contributed by atoms with Crippen LogP contribution in [0.2, 0.25) is 0 Å². The molecule has 0 aliphatic carbocycles. The van der Waals surface area contributed by atoms with E-state index in [4.69, 9.17) is 4.74 Å². The standard InChI is InChI=1S/C26H22BrFN2O3/c27-18-7-5-17(6-8-18)15-24-25(32)19-9-10-23(31)20(26(19)33-24)16-29-11-13-30(14-12-29)22-4-2-1-3-21(22)28/h1-10,15,31H,11-14,16H2/b24-15-. The van der Waals surface area contributed by atoms with E-state index in [0.29, 0.717) is 55.3 Å². The van der Waals surface area contributed by atoms with Gasteiger partial charge in [0.2, 0.25) is 5.78 Å². The summed E-state index contributed by atoms with van der Waals surface area (Å²) in [5, 5.41) is 10.6. The fraction of sp³-hybridized carbons (Fsp3) is 0.192. The van der Waals surface area contributed by atoms with E-state index in [-0.39, 0.29) is 23.1 Å². The van der Waals surface area contributed by atoms with Gasteiger partial charge in [-0.15, -0.1) is 0 Å². The van der Waals surface area contributed by atoms with E-state index in [1.54, 1.807) is 30.3 Å². The Hall–Kier alpha value is -3.16. The molecule has 0 radical (unpaired) electrons. The Morgan fingerprint density at radius 3 is 2.45 bits per heavy atom. The van der Waals surface area contributed by atoms with Crippen molar-refractivity contribution < 1.29 is 19.0 Å². The molecule has 2 aliphatic rings. The van der Waals surface area contributed by atoms with Gasteiger partial charge in [-0.1, -0.05) is 40.2 Å². The number of ether oxygens (including phenoxy) is 1. The second kappa shape index (κ2) is 9.00. The molecule has 3 aromatic carbocycles. The highest BCUT2D eigenvalue weighted by molar-refractivity contribution is 9.10. The number of nitrogens with zero attached hydrogens (tertiary/aromatic N) is 2. The summed E-state index contributed by atoms with van der Waals surface area (Å²) < 4.78 is 21.0. The van der Waals surface area contributed by atoms with Crippen LogP contribution in [0.1, 0.15) is 21.5 Å². The highest BCUT2D eigenvalue weighted by Crippen LogP contribution is 2.40. The number of anilines is 1. The maximum absolute atomic E-state index is 14.1. The van der Waals surface area contributed by atoms with Crippen molar-refractivity contribution in [2.45, 2.75) is 6.54 Å². The third-order valence-corrected chi connectivity index (χ3v) is 6.56. The number of halogens is 2. The summed E-state index contributed by atoms with van der Waals surface area (Å²) in [7, 11) is 0. The zero-order valence-electron chi connectivity index (χ0n) is 17.8. The lowest BCUT2D eigenvalue weighted by Gasteiger charge is -2.36. The largest absolute Gasteiger partial charge is 0.507 e. The molecular formula is C26H22BrFN2O3. The van der Waals surface area contributed by atoms with Gasteiger partial charge in [0.15, 0.2) is 5.76 Å². The minimum atomic E-state index is -0.221. The van der Waals surface area contributed by atoms with Crippen LogP contribution in [0, 0.1) is 5.82 Å². The van der Waals surface area contributed by atoms with E-state index in [1.165, 1.54) is 6.07 Å². The predicted molar refractivity (Wildman–Crippen MR) is 129 cm³/mol. The van der Waals surface area contributed by atoms with E-state index < -0.39 is 0 Å². The molecule has 0 spiro atoms. The third-order valence-electron chi connectivity index (χ3n) is 6.03. The van der Waals surface area contributed by atoms with Gasteiger partial charge in [-0.3, -0.25) is 9.69 Å². The van der Waals surface area contributed by atoms with Crippen molar-refractivity contribution in [3.63, 3.8) is 0 Å². The minimum absolute atomic E-state index is 0.1000. The number of para-hydroxylation sites is 1. The van der Waals surface area contributed by atoms with E-state index in [1.807, 2.05) is 35.2 Å². The maximum Gasteiger partial charge on any atom is 0.231 e. The lowest BCUT2D eigenvalue weighted by molar-refractivity contribution is 0.101. The van der Waals surface area contributed by atoms with Crippen molar-refractivity contribution in [3.05, 3.63) is 93.4 Å². The van der Waals surface area contributed by atoms with Gasteiger partial charge in [0.05, 0.1) is 16.8 Å². The normalized spacial score (nSPS) is 17.3. The predicted octanol–water partition coefficient (Wildman–Crippen LogP) is 5.23. The zero-order valence-corrected chi connectivity index (χ0v) is 19.4. The number of benzene rings is 3. The van der Waals surface area contributed by atoms with Crippen LogP contribution in [0.3, 0.4) is 0 Å². The van der Waals surface area contributed by atoms with E-state index >= 15 is 0 Å². The van der Waals surface area contributed by atoms with Gasteiger partial charge in [0, 0.05) is 37.2 Å². The Balaban J connectivity index is 1.33. The average Bonchev–Trinajstić information content (AvgIpc) is 3.13. The number of carbonyl (C=O) groups is 1. The highest BCUT2D eigenvalue weighted by Gasteiger charge is 2.32. The number of Topliss-reactive ketones (excluding diaryl/α,β-unsaturated/α-hetero) is 1. The fourth-order valence-electron chi connectivity index (χ4n) is 4.24. The van der Waals surface area contributed by atoms with Gasteiger partial charge in [-0.2, -0.15) is 0 Å². The van der Waals surface area contributed by atoms with Crippen LogP contribution in [0.5, 0.6) is 11.5 Å². The van der Waals surface area contributed by atoms with Gasteiger partial charge in [-0.25, -0.2) is 4.39 Å². The number of aromatic hydroxyl groups is 1. The average molecular weight is 509 g/mol. The van der Waals surface area contributed by atoms with Crippen LogP contribution in [0.4, 0.5) is 10.1 Å². The Labute approximate surface area is 199 Å². The van der Waals surface area contributed by atoms with E-state index in [0.717, 1.165) is 10.0 Å². The molecule has 0 unspecified atom stereocenters. The molecule has 3 aromatic rings. The number of allylic oxidation sites excluding steroid dienone is 1. The number of fused-ring (bicyclic) bond motifs is 1. The lowest BCUT2D eigenvalue weighted by atomic mass is 10.0. The molecule has 33 heavy (non-hydrogen) atoms. The summed E-state index contributed by atoms with van der Waals surface area (Å²) in [6.45, 7) is 3.19. The summed E-state index contributed by atoms with van der Waals surface area (Å²) in [6.07, 6.45) is 1.71. The molecule has 168 valence electrons. The lowest BCUT2D eigenvalue weighted by Crippen LogP contribution is -2.46. The Bertz CT molecular complexity index is 1230. The first-order chi connectivity index (χ1) is 16.0. The topological polar surface area (TPSA) is 53.0 Å². The van der Waals surface area contributed by atoms with E-state index in [9.17, 15) is 14.3 Å². The Morgan fingerprint density at radius 2 is 1.73 bits per heavy atom. The van der Waals surface area contributed by atoms with Crippen molar-refractivity contribution >= 4 is 33.5 Å². The molecule has 0 saturated carbocycles. The van der Waals surface area contributed by atoms with Gasteiger partial charge < -0.3 is 14.7 Å². The van der Waals surface area contributed by atoms with Crippen LogP contribution >= 0.6 is 15.9 Å². The number of rotatable bonds is 4. The van der Waals surface area contributed by atoms with Gasteiger partial charge in [0.25, 0.3) is 0 Å². The second-order valence-electron chi connectivity index (χ2n) is 8.15. The van der Waals surface area contributed by atoms with E-state index in [2.05, 4.69) is 20.8 Å². The molecule has 0 aromatic heterocycles. The van der Waals surface area contributed by atoms with Crippen molar-refractivity contribution in [1.82, 2.24) is 4.90 Å². The summed E-state index contributed by atoms with van der Waals surface area (Å²) in [5.41, 5.74) is 2.51. The first kappa shape index (κ1) is 21.7. The molecule has 0 atom stereocenters. The van der Waals surface area contributed by atoms with Crippen LogP contribution in [0.15, 0.2) is 70.9 Å². The Kier molecular flexibility index (Phi) is 5.91. The quantitative estimate of drug-likeness (QED) is 0.489. The van der Waals surface area contributed by atoms with Gasteiger partial charge in [0.1, 0.15) is 17.3 Å². The Morgan fingerprint density at radius 1 is 1.00 bits per heavy atom. The van der Waals surface area contributed by atoms with Crippen molar-refractivity contribution in [3.8, 4) is 11.5 Å². The number of hydrogen-bond acceptors (Lipinski definition) is 5. The SMILES string of the molecule is O=C1/C(=C/c2ccc(Br)cc2)Oc2c1ccc(O)c2CN1CCN(c2ccccc2F)CC1. The highest BCUT2D eigenvalue weighted by atomic mass is 79.9. The molecule has 2 aliphatic heterocycles. The zero-order chi connectivity index (χ0) is 22.9. The summed E-state index contributed by atoms with van der Waals surface area (Å²) in [4.78, 5) is 17.1. The van der Waals surface area contributed by atoms with Crippen molar-refractivity contribution in [1.29, 1.82) is 0 Å². The summed E-state index contributed by atoms with van der Waals surface area (Å²) in [5.74, 6) is 0.339. The minimum Gasteiger partial charge on any atom is -0.507 e. The molecule has 1 fully saturated rings. The summed E-state index contributed by atoms with van der Waals surface area (Å²) in [6, 6.07) is 17.5. The first-order valence-corrected chi connectivity index (χ1v) is 11.6. The molecule has 0 amide bonds. The molecule has 5 nitrogen and oxygen atoms in total. The second-order valence-corrected chi connectivity index (χ2v) is 9.06. The first-order valence-electron chi connectivity index (χ1n) is 10.8. The molecule has 1 saturated heterocycles. The van der Waals surface area contributed by atoms with Crippen LogP contribution < -0.4 is 9.64 Å². The number of hydrogen-bond donors (Lipinski definition) is 1. The molecule has 2 heterocycles.